The van der Waals surface area contributed by atoms with Gasteiger partial charge < -0.3 is 4.90 Å². The van der Waals surface area contributed by atoms with Crippen LogP contribution in [-0.2, 0) is 20.0 Å². The molecular formula is C21H31N3O4S3. The molecule has 0 atom stereocenters. The summed E-state index contributed by atoms with van der Waals surface area (Å²) in [4.78, 5) is 2.25. The van der Waals surface area contributed by atoms with Crippen LogP contribution in [0.25, 0.3) is 0 Å². The number of para-hydroxylation sites is 1. The van der Waals surface area contributed by atoms with Crippen LogP contribution < -0.4 is 9.62 Å². The van der Waals surface area contributed by atoms with Crippen LogP contribution in [0.15, 0.2) is 38.8 Å². The molecule has 0 saturated carbocycles. The fourth-order valence-corrected chi connectivity index (χ4v) is 7.75. The highest BCUT2D eigenvalue weighted by Crippen LogP contribution is 2.40. The van der Waals surface area contributed by atoms with Gasteiger partial charge in [0.1, 0.15) is 8.42 Å². The number of aryl methyl sites for hydroxylation is 1. The fourth-order valence-electron chi connectivity index (χ4n) is 3.75. The summed E-state index contributed by atoms with van der Waals surface area (Å²) < 4.78 is 54.6. The van der Waals surface area contributed by atoms with Gasteiger partial charge in [-0.2, -0.15) is 0 Å². The van der Waals surface area contributed by atoms with Gasteiger partial charge in [0, 0.05) is 27.2 Å². The number of hydrogen-bond donors (Lipinski definition) is 1. The lowest BCUT2D eigenvalue weighted by molar-refractivity contribution is 0.238. The molecule has 7 nitrogen and oxygen atoms in total. The highest BCUT2D eigenvalue weighted by atomic mass is 32.3. The van der Waals surface area contributed by atoms with Crippen LogP contribution in [0.4, 0.5) is 11.4 Å². The minimum absolute atomic E-state index is 0.00257. The van der Waals surface area contributed by atoms with Gasteiger partial charge in [0.05, 0.1) is 11.4 Å². The molecule has 2 aromatic rings. The first-order chi connectivity index (χ1) is 14.4. The number of sulfonamides is 2. The molecule has 10 heteroatoms. The number of nitrogens with zero attached hydrogens (tertiary/aromatic N) is 2. The highest BCUT2D eigenvalue weighted by Gasteiger charge is 2.31. The lowest BCUT2D eigenvalue weighted by Crippen LogP contribution is -2.39. The van der Waals surface area contributed by atoms with Gasteiger partial charge in [-0.05, 0) is 48.9 Å². The second-order valence-electron chi connectivity index (χ2n) is 8.59. The maximum Gasteiger partial charge on any atom is 0.271 e. The van der Waals surface area contributed by atoms with E-state index in [1.54, 1.807) is 6.07 Å². The van der Waals surface area contributed by atoms with Crippen molar-refractivity contribution in [1.29, 1.82) is 0 Å². The second kappa shape index (κ2) is 8.73. The first-order valence-electron chi connectivity index (χ1n) is 10.3. The molecule has 1 N–H and O–H groups in total. The van der Waals surface area contributed by atoms with Gasteiger partial charge in [-0.15, -0.1) is 11.3 Å². The summed E-state index contributed by atoms with van der Waals surface area (Å²) in [6.07, 6.45) is 3.24. The molecule has 0 radical (unpaired) electrons. The molecule has 0 aliphatic carbocycles. The average Bonchev–Trinajstić information content (AvgIpc) is 3.21. The van der Waals surface area contributed by atoms with Crippen LogP contribution >= 0.6 is 11.3 Å². The second-order valence-corrected chi connectivity index (χ2v) is 14.0. The number of rotatable bonds is 7. The first kappa shape index (κ1) is 24.0. The fraction of sp³-hybridized carbons (Fsp3) is 0.524. The summed E-state index contributed by atoms with van der Waals surface area (Å²) in [6.45, 7) is 8.24. The van der Waals surface area contributed by atoms with Crippen LogP contribution in [0.5, 0.6) is 0 Å². The van der Waals surface area contributed by atoms with Crippen LogP contribution in [0, 0.1) is 12.3 Å². The summed E-state index contributed by atoms with van der Waals surface area (Å²) >= 11 is 0.749. The molecule has 0 unspecified atom stereocenters. The van der Waals surface area contributed by atoms with Crippen molar-refractivity contribution in [3.63, 3.8) is 0 Å². The number of nitrogens with one attached hydrogen (secondary N) is 1. The summed E-state index contributed by atoms with van der Waals surface area (Å²) in [5.41, 5.74) is 2.74. The lowest BCUT2D eigenvalue weighted by Gasteiger charge is -2.41. The third kappa shape index (κ3) is 4.92. The van der Waals surface area contributed by atoms with E-state index < -0.39 is 20.0 Å². The summed E-state index contributed by atoms with van der Waals surface area (Å²) in [6, 6.07) is 8.24. The van der Waals surface area contributed by atoms with Gasteiger partial charge in [0.15, 0.2) is 0 Å². The molecule has 1 aromatic carbocycles. The van der Waals surface area contributed by atoms with Gasteiger partial charge in [0.25, 0.3) is 20.0 Å². The molecule has 3 rings (SSSR count). The van der Waals surface area contributed by atoms with E-state index in [0.29, 0.717) is 11.1 Å². The minimum Gasteiger partial charge on any atom is -0.370 e. The number of benzene rings is 1. The van der Waals surface area contributed by atoms with Crippen molar-refractivity contribution in [2.24, 2.45) is 5.41 Å². The summed E-state index contributed by atoms with van der Waals surface area (Å²) in [5.74, 6) is 0. The van der Waals surface area contributed by atoms with E-state index in [-0.39, 0.29) is 8.42 Å². The third-order valence-corrected chi connectivity index (χ3v) is 11.4. The van der Waals surface area contributed by atoms with Gasteiger partial charge in [0.2, 0.25) is 0 Å². The van der Waals surface area contributed by atoms with E-state index in [9.17, 15) is 16.8 Å². The van der Waals surface area contributed by atoms with E-state index in [4.69, 9.17) is 0 Å². The molecule has 0 spiro atoms. The quantitative estimate of drug-likeness (QED) is 0.637. The first-order valence-corrected chi connectivity index (χ1v) is 14.0. The van der Waals surface area contributed by atoms with Gasteiger partial charge in [-0.1, -0.05) is 32.4 Å². The molecule has 1 saturated heterocycles. The standard InChI is InChI=1S/C21H31N3O4S3/c1-6-21(3)12-14-24(15-13-21)20-16(2)8-7-9-17(20)22-30(25,26)18-10-11-19(29-18)31(27,28)23(4)5/h7-11,22H,6,12-15H2,1-5H3. The Morgan fingerprint density at radius 1 is 1.06 bits per heavy atom. The van der Waals surface area contributed by atoms with Crippen molar-refractivity contribution in [2.75, 3.05) is 36.8 Å². The maximum atomic E-state index is 13.1. The SMILES string of the molecule is CCC1(C)CCN(c2c(C)cccc2NS(=O)(=O)c2ccc(S(=O)(=O)N(C)C)s2)CC1. The van der Waals surface area contributed by atoms with Crippen molar-refractivity contribution in [3.8, 4) is 0 Å². The molecular weight excluding hydrogens is 454 g/mol. The van der Waals surface area contributed by atoms with Crippen molar-refractivity contribution >= 4 is 42.8 Å². The Hall–Kier alpha value is -1.62. The van der Waals surface area contributed by atoms with Gasteiger partial charge in [-0.25, -0.2) is 21.1 Å². The van der Waals surface area contributed by atoms with Gasteiger partial charge in [-0.3, -0.25) is 4.72 Å². The highest BCUT2D eigenvalue weighted by molar-refractivity contribution is 7.96. The zero-order valence-corrected chi connectivity index (χ0v) is 21.1. The van der Waals surface area contributed by atoms with E-state index in [1.807, 2.05) is 19.1 Å². The molecule has 1 aromatic heterocycles. The summed E-state index contributed by atoms with van der Waals surface area (Å²) in [7, 11) is -4.77. The number of piperidine rings is 1. The number of hydrogen-bond acceptors (Lipinski definition) is 6. The molecule has 172 valence electrons. The van der Waals surface area contributed by atoms with Crippen LogP contribution in [0.1, 0.15) is 38.7 Å². The molecule has 0 amide bonds. The molecule has 31 heavy (non-hydrogen) atoms. The predicted octanol–water partition coefficient (Wildman–Crippen LogP) is 4.12. The largest absolute Gasteiger partial charge is 0.370 e. The molecule has 1 aliphatic heterocycles. The Bertz CT molecular complexity index is 1150. The van der Waals surface area contributed by atoms with Crippen LogP contribution in [0.2, 0.25) is 0 Å². The lowest BCUT2D eigenvalue weighted by atomic mass is 9.78. The smallest absolute Gasteiger partial charge is 0.271 e. The number of thiophene rings is 1. The molecule has 1 aliphatic rings. The van der Waals surface area contributed by atoms with E-state index in [0.717, 1.165) is 59.2 Å². The summed E-state index contributed by atoms with van der Waals surface area (Å²) in [5, 5.41) is 0. The minimum atomic E-state index is -3.93. The Balaban J connectivity index is 1.90. The van der Waals surface area contributed by atoms with E-state index in [1.165, 1.54) is 26.2 Å². The zero-order chi connectivity index (χ0) is 23.0. The Morgan fingerprint density at radius 2 is 1.68 bits per heavy atom. The normalized spacial score (nSPS) is 17.2. The molecule has 1 fully saturated rings. The molecule has 0 bridgehead atoms. The maximum absolute atomic E-state index is 13.1. The molecule has 2 heterocycles. The monoisotopic (exact) mass is 485 g/mol. The van der Waals surface area contributed by atoms with Crippen LogP contribution in [0.3, 0.4) is 0 Å². The van der Waals surface area contributed by atoms with Crippen molar-refractivity contribution in [2.45, 2.75) is 48.5 Å². The predicted molar refractivity (Wildman–Crippen MR) is 127 cm³/mol. The van der Waals surface area contributed by atoms with Crippen molar-refractivity contribution < 1.29 is 16.8 Å². The average molecular weight is 486 g/mol. The van der Waals surface area contributed by atoms with Crippen molar-refractivity contribution in [3.05, 3.63) is 35.9 Å². The van der Waals surface area contributed by atoms with Gasteiger partial charge >= 0.3 is 0 Å². The Labute approximate surface area is 190 Å². The third-order valence-electron chi connectivity index (χ3n) is 6.18. The van der Waals surface area contributed by atoms with Crippen LogP contribution in [-0.4, -0.2) is 48.3 Å². The Kier molecular flexibility index (Phi) is 6.76. The Morgan fingerprint density at radius 3 is 2.26 bits per heavy atom. The zero-order valence-electron chi connectivity index (χ0n) is 18.7. The van der Waals surface area contributed by atoms with E-state index >= 15 is 0 Å². The number of anilines is 2. The topological polar surface area (TPSA) is 86.8 Å². The van der Waals surface area contributed by atoms with E-state index in [2.05, 4.69) is 23.5 Å². The van der Waals surface area contributed by atoms with Crippen molar-refractivity contribution in [1.82, 2.24) is 4.31 Å².